The lowest BCUT2D eigenvalue weighted by Gasteiger charge is -2.07. The van der Waals surface area contributed by atoms with Gasteiger partial charge in [0, 0.05) is 6.54 Å². The van der Waals surface area contributed by atoms with Crippen molar-refractivity contribution in [3.05, 3.63) is 35.5 Å². The molecule has 0 atom stereocenters. The number of imidazole rings is 1. The van der Waals surface area contributed by atoms with Crippen molar-refractivity contribution in [3.8, 4) is 10.7 Å². The van der Waals surface area contributed by atoms with E-state index in [2.05, 4.69) is 11.9 Å². The van der Waals surface area contributed by atoms with Gasteiger partial charge in [-0.3, -0.25) is 0 Å². The zero-order valence-electron chi connectivity index (χ0n) is 10.6. The van der Waals surface area contributed by atoms with Crippen LogP contribution in [0.1, 0.15) is 13.3 Å². The Hall–Kier alpha value is -1.88. The number of hydrogen-bond donors (Lipinski definition) is 1. The number of anilines is 1. The molecule has 1 aromatic carbocycles. The van der Waals surface area contributed by atoms with Crippen LogP contribution in [-0.4, -0.2) is 9.55 Å². The van der Waals surface area contributed by atoms with E-state index in [1.165, 1.54) is 12.1 Å². The number of aryl methyl sites for hydroxylation is 1. The van der Waals surface area contributed by atoms with Crippen LogP contribution in [0.5, 0.6) is 0 Å². The van der Waals surface area contributed by atoms with E-state index in [-0.39, 0.29) is 5.82 Å². The highest BCUT2D eigenvalue weighted by Crippen LogP contribution is 2.33. The molecule has 0 amide bonds. The number of thiophene rings is 1. The lowest BCUT2D eigenvalue weighted by atomic mass is 10.3. The normalized spacial score (nSPS) is 11.3. The molecule has 0 aliphatic rings. The van der Waals surface area contributed by atoms with E-state index in [0.29, 0.717) is 0 Å². The second kappa shape index (κ2) is 4.66. The van der Waals surface area contributed by atoms with Crippen LogP contribution in [0, 0.1) is 5.82 Å². The number of nitrogens with zero attached hydrogens (tertiary/aromatic N) is 2. The molecule has 5 heteroatoms. The number of fused-ring (bicyclic) bond motifs is 1. The summed E-state index contributed by atoms with van der Waals surface area (Å²) in [6, 6.07) is 6.55. The third-order valence-electron chi connectivity index (χ3n) is 3.06. The maximum absolute atomic E-state index is 13.4. The number of hydrogen-bond acceptors (Lipinski definition) is 3. The zero-order valence-corrected chi connectivity index (χ0v) is 11.4. The van der Waals surface area contributed by atoms with Gasteiger partial charge in [-0.1, -0.05) is 6.92 Å². The van der Waals surface area contributed by atoms with Gasteiger partial charge in [0.05, 0.1) is 21.6 Å². The third-order valence-corrected chi connectivity index (χ3v) is 3.98. The molecule has 0 fully saturated rings. The largest absolute Gasteiger partial charge is 0.397 e. The van der Waals surface area contributed by atoms with E-state index in [0.717, 1.165) is 40.4 Å². The average molecular weight is 275 g/mol. The van der Waals surface area contributed by atoms with Crippen molar-refractivity contribution in [1.82, 2.24) is 9.55 Å². The predicted molar refractivity (Wildman–Crippen MR) is 77.7 cm³/mol. The summed E-state index contributed by atoms with van der Waals surface area (Å²) in [5.41, 5.74) is 8.32. The minimum absolute atomic E-state index is 0.240. The van der Waals surface area contributed by atoms with Gasteiger partial charge >= 0.3 is 0 Å². The summed E-state index contributed by atoms with van der Waals surface area (Å²) >= 11 is 1.56. The van der Waals surface area contributed by atoms with Crippen molar-refractivity contribution >= 4 is 28.1 Å². The molecule has 2 N–H and O–H groups in total. The summed E-state index contributed by atoms with van der Waals surface area (Å²) in [4.78, 5) is 5.55. The summed E-state index contributed by atoms with van der Waals surface area (Å²) in [5.74, 6) is 0.588. The maximum atomic E-state index is 13.4. The Morgan fingerprint density at radius 2 is 2.21 bits per heavy atom. The van der Waals surface area contributed by atoms with Gasteiger partial charge in [-0.15, -0.1) is 11.3 Å². The van der Waals surface area contributed by atoms with Crippen LogP contribution in [0.2, 0.25) is 0 Å². The quantitative estimate of drug-likeness (QED) is 0.788. The van der Waals surface area contributed by atoms with Crippen LogP contribution in [-0.2, 0) is 6.54 Å². The first-order chi connectivity index (χ1) is 9.20. The van der Waals surface area contributed by atoms with Gasteiger partial charge in [0.2, 0.25) is 0 Å². The van der Waals surface area contributed by atoms with Gasteiger partial charge in [-0.25, -0.2) is 9.37 Å². The summed E-state index contributed by atoms with van der Waals surface area (Å²) in [7, 11) is 0. The van der Waals surface area contributed by atoms with E-state index >= 15 is 0 Å². The van der Waals surface area contributed by atoms with Gasteiger partial charge in [0.15, 0.2) is 5.82 Å². The maximum Gasteiger partial charge on any atom is 0.153 e. The van der Waals surface area contributed by atoms with E-state index in [1.807, 2.05) is 16.0 Å². The molecule has 0 aliphatic heterocycles. The van der Waals surface area contributed by atoms with Gasteiger partial charge in [0.1, 0.15) is 5.82 Å². The summed E-state index contributed by atoms with van der Waals surface area (Å²) in [6.07, 6.45) is 0.959. The average Bonchev–Trinajstić information content (AvgIpc) is 2.94. The first kappa shape index (κ1) is 12.2. The Morgan fingerprint density at radius 1 is 1.37 bits per heavy atom. The topological polar surface area (TPSA) is 43.8 Å². The van der Waals surface area contributed by atoms with Gasteiger partial charge in [0.25, 0.3) is 0 Å². The molecule has 2 heterocycles. The summed E-state index contributed by atoms with van der Waals surface area (Å²) in [6.45, 7) is 2.89. The number of rotatable bonds is 3. The molecule has 0 radical (unpaired) electrons. The molecule has 19 heavy (non-hydrogen) atoms. The van der Waals surface area contributed by atoms with Crippen LogP contribution in [0.15, 0.2) is 29.6 Å². The molecule has 0 unspecified atom stereocenters. The highest BCUT2D eigenvalue weighted by Gasteiger charge is 2.15. The fourth-order valence-electron chi connectivity index (χ4n) is 2.22. The first-order valence-electron chi connectivity index (χ1n) is 6.20. The van der Waals surface area contributed by atoms with Crippen LogP contribution < -0.4 is 5.73 Å². The minimum atomic E-state index is -0.240. The van der Waals surface area contributed by atoms with Crippen LogP contribution in [0.3, 0.4) is 0 Å². The van der Waals surface area contributed by atoms with Crippen LogP contribution >= 0.6 is 11.3 Å². The van der Waals surface area contributed by atoms with E-state index in [4.69, 9.17) is 5.73 Å². The molecule has 0 spiro atoms. The van der Waals surface area contributed by atoms with Gasteiger partial charge < -0.3 is 10.3 Å². The van der Waals surface area contributed by atoms with Crippen molar-refractivity contribution in [3.63, 3.8) is 0 Å². The lowest BCUT2D eigenvalue weighted by Crippen LogP contribution is -2.00. The molecule has 3 aromatic rings. The highest BCUT2D eigenvalue weighted by atomic mass is 32.1. The fraction of sp³-hybridized carbons (Fsp3) is 0.214. The molecule has 0 saturated heterocycles. The number of nitrogens with two attached hydrogens (primary N) is 1. The number of aromatic nitrogens is 2. The number of nitrogen functional groups attached to an aromatic ring is 1. The van der Waals surface area contributed by atoms with E-state index in [1.54, 1.807) is 17.4 Å². The van der Waals surface area contributed by atoms with Gasteiger partial charge in [-0.2, -0.15) is 0 Å². The molecule has 3 rings (SSSR count). The molecule has 0 bridgehead atoms. The lowest BCUT2D eigenvalue weighted by molar-refractivity contribution is 0.627. The number of benzene rings is 1. The monoisotopic (exact) mass is 275 g/mol. The van der Waals surface area contributed by atoms with Crippen molar-refractivity contribution < 1.29 is 4.39 Å². The van der Waals surface area contributed by atoms with Crippen molar-refractivity contribution in [1.29, 1.82) is 0 Å². The van der Waals surface area contributed by atoms with Crippen LogP contribution in [0.25, 0.3) is 21.7 Å². The Bertz CT molecular complexity index is 729. The Balaban J connectivity index is 2.29. The van der Waals surface area contributed by atoms with E-state index < -0.39 is 0 Å². The molecule has 0 saturated carbocycles. The van der Waals surface area contributed by atoms with Crippen LogP contribution in [0.4, 0.5) is 10.1 Å². The Morgan fingerprint density at radius 3 is 2.89 bits per heavy atom. The summed E-state index contributed by atoms with van der Waals surface area (Å²) < 4.78 is 15.5. The van der Waals surface area contributed by atoms with Crippen molar-refractivity contribution in [2.75, 3.05) is 5.73 Å². The molecule has 98 valence electrons. The minimum Gasteiger partial charge on any atom is -0.397 e. The smallest absolute Gasteiger partial charge is 0.153 e. The summed E-state index contributed by atoms with van der Waals surface area (Å²) in [5, 5.41) is 1.95. The highest BCUT2D eigenvalue weighted by molar-refractivity contribution is 7.14. The predicted octanol–water partition coefficient (Wildman–Crippen LogP) is 3.90. The standard InChI is InChI=1S/C14H14FN3S/c1-2-6-18-12-8-9(15)3-4-11(12)17-14(18)13-10(16)5-7-19-13/h3-5,7-8H,2,6,16H2,1H3. The Kier molecular flexibility index (Phi) is 2.98. The van der Waals surface area contributed by atoms with Gasteiger partial charge in [-0.05, 0) is 36.1 Å². The molecule has 0 aliphatic carbocycles. The first-order valence-corrected chi connectivity index (χ1v) is 7.07. The van der Waals surface area contributed by atoms with E-state index in [9.17, 15) is 4.39 Å². The SMILES string of the molecule is CCCn1c(-c2sccc2N)nc2ccc(F)cc21. The second-order valence-electron chi connectivity index (χ2n) is 4.43. The molecular weight excluding hydrogens is 261 g/mol. The van der Waals surface area contributed by atoms with Crippen molar-refractivity contribution in [2.24, 2.45) is 0 Å². The second-order valence-corrected chi connectivity index (χ2v) is 5.34. The van der Waals surface area contributed by atoms with Crippen molar-refractivity contribution in [2.45, 2.75) is 19.9 Å². The molecule has 2 aromatic heterocycles. The Labute approximate surface area is 114 Å². The fourth-order valence-corrected chi connectivity index (χ4v) is 3.04. The molecular formula is C14H14FN3S. The zero-order chi connectivity index (χ0) is 13.4. The molecule has 3 nitrogen and oxygen atoms in total. The third kappa shape index (κ3) is 2.00. The number of halogens is 1.